The fourth-order valence-electron chi connectivity index (χ4n) is 2.80. The minimum absolute atomic E-state index is 0.0501. The Morgan fingerprint density at radius 2 is 1.88 bits per heavy atom. The monoisotopic (exact) mass is 361 g/mol. The number of thiazole rings is 1. The number of aryl methyl sites for hydroxylation is 1. The van der Waals surface area contributed by atoms with Crippen molar-refractivity contribution in [1.29, 1.82) is 0 Å². The highest BCUT2D eigenvalue weighted by atomic mass is 32.1. The molecule has 0 spiro atoms. The number of hydrogen-bond donors (Lipinski definition) is 1. The number of nitrogens with zero attached hydrogens (tertiary/aromatic N) is 2. The lowest BCUT2D eigenvalue weighted by atomic mass is 10.2. The van der Waals surface area contributed by atoms with Crippen LogP contribution in [0.1, 0.15) is 51.0 Å². The summed E-state index contributed by atoms with van der Waals surface area (Å²) in [6.07, 6.45) is 3.30. The molecule has 1 heterocycles. The van der Waals surface area contributed by atoms with Crippen molar-refractivity contribution in [3.05, 3.63) is 23.2 Å². The summed E-state index contributed by atoms with van der Waals surface area (Å²) in [5.74, 6) is 0.101. The van der Waals surface area contributed by atoms with Crippen molar-refractivity contribution >= 4 is 39.1 Å². The summed E-state index contributed by atoms with van der Waals surface area (Å²) < 4.78 is 1.07. The molecule has 1 N–H and O–H groups in total. The maximum atomic E-state index is 12.2. The minimum atomic E-state index is -0.0501. The third-order valence-electron chi connectivity index (χ3n) is 3.91. The van der Waals surface area contributed by atoms with E-state index in [0.717, 1.165) is 46.8 Å². The first kappa shape index (κ1) is 19.4. The molecule has 0 unspecified atom stereocenters. The van der Waals surface area contributed by atoms with Crippen LogP contribution in [0.25, 0.3) is 10.2 Å². The first-order valence-electron chi connectivity index (χ1n) is 8.98. The normalized spacial score (nSPS) is 10.8. The second-order valence-corrected chi connectivity index (χ2v) is 7.43. The maximum Gasteiger partial charge on any atom is 0.224 e. The van der Waals surface area contributed by atoms with Crippen molar-refractivity contribution in [2.75, 3.05) is 18.4 Å². The lowest BCUT2D eigenvalue weighted by Crippen LogP contribution is -2.32. The lowest BCUT2D eigenvalue weighted by molar-refractivity contribution is -0.131. The first-order chi connectivity index (χ1) is 12.0. The number of aromatic nitrogens is 1. The molecule has 6 heteroatoms. The summed E-state index contributed by atoms with van der Waals surface area (Å²) >= 11 is 1.61. The number of hydrogen-bond acceptors (Lipinski definition) is 4. The molecule has 2 aromatic rings. The zero-order chi connectivity index (χ0) is 18.2. The van der Waals surface area contributed by atoms with E-state index in [1.807, 2.05) is 30.0 Å². The highest BCUT2D eigenvalue weighted by molar-refractivity contribution is 7.18. The minimum Gasteiger partial charge on any atom is -0.343 e. The molecule has 0 aliphatic rings. The summed E-state index contributed by atoms with van der Waals surface area (Å²) in [5.41, 5.74) is 1.74. The molecule has 0 bridgehead atoms. The molecule has 0 saturated carbocycles. The Balaban J connectivity index is 1.80. The molecular formula is C19H27N3O2S. The smallest absolute Gasteiger partial charge is 0.224 e. The molecule has 0 aliphatic heterocycles. The van der Waals surface area contributed by atoms with Crippen molar-refractivity contribution in [2.45, 2.75) is 52.9 Å². The topological polar surface area (TPSA) is 62.3 Å². The van der Waals surface area contributed by atoms with E-state index in [0.29, 0.717) is 19.3 Å². The highest BCUT2D eigenvalue weighted by Crippen LogP contribution is 2.24. The van der Waals surface area contributed by atoms with E-state index in [4.69, 9.17) is 0 Å². The fraction of sp³-hybridized carbons (Fsp3) is 0.526. The zero-order valence-electron chi connectivity index (χ0n) is 15.3. The molecule has 1 aromatic carbocycles. The Morgan fingerprint density at radius 1 is 1.16 bits per heavy atom. The Morgan fingerprint density at radius 3 is 2.56 bits per heavy atom. The van der Waals surface area contributed by atoms with Crippen LogP contribution in [-0.4, -0.2) is 34.8 Å². The number of fused-ring (bicyclic) bond motifs is 1. The van der Waals surface area contributed by atoms with Crippen LogP contribution in [-0.2, 0) is 9.59 Å². The van der Waals surface area contributed by atoms with Crippen LogP contribution in [0, 0.1) is 6.92 Å². The average Bonchev–Trinajstić information content (AvgIpc) is 2.93. The molecule has 5 nitrogen and oxygen atoms in total. The number of carbonyl (C=O) groups excluding carboxylic acids is 2. The van der Waals surface area contributed by atoms with Crippen LogP contribution < -0.4 is 5.32 Å². The largest absolute Gasteiger partial charge is 0.343 e. The van der Waals surface area contributed by atoms with E-state index >= 15 is 0 Å². The van der Waals surface area contributed by atoms with E-state index in [1.54, 1.807) is 11.3 Å². The van der Waals surface area contributed by atoms with Gasteiger partial charge in [-0.1, -0.05) is 13.8 Å². The van der Waals surface area contributed by atoms with Crippen LogP contribution in [0.2, 0.25) is 0 Å². The van der Waals surface area contributed by atoms with Gasteiger partial charge in [0.2, 0.25) is 11.8 Å². The maximum absolute atomic E-state index is 12.2. The Bertz CT molecular complexity index is 721. The van der Waals surface area contributed by atoms with Crippen molar-refractivity contribution in [3.8, 4) is 0 Å². The van der Waals surface area contributed by atoms with Gasteiger partial charge in [0.25, 0.3) is 0 Å². The summed E-state index contributed by atoms with van der Waals surface area (Å²) in [5, 5.41) is 3.93. The predicted octanol–water partition coefficient (Wildman–Crippen LogP) is 4.36. The van der Waals surface area contributed by atoms with Gasteiger partial charge in [-0.3, -0.25) is 9.59 Å². The van der Waals surface area contributed by atoms with Crippen molar-refractivity contribution < 1.29 is 9.59 Å². The van der Waals surface area contributed by atoms with E-state index in [1.165, 1.54) is 0 Å². The number of amides is 2. The van der Waals surface area contributed by atoms with Crippen LogP contribution in [0.5, 0.6) is 0 Å². The second kappa shape index (κ2) is 9.51. The van der Waals surface area contributed by atoms with Crippen LogP contribution >= 0.6 is 11.3 Å². The number of rotatable bonds is 9. The van der Waals surface area contributed by atoms with E-state index in [2.05, 4.69) is 24.1 Å². The molecule has 25 heavy (non-hydrogen) atoms. The molecular weight excluding hydrogens is 334 g/mol. The quantitative estimate of drug-likeness (QED) is 0.722. The number of anilines is 1. The number of carbonyl (C=O) groups is 2. The third kappa shape index (κ3) is 5.81. The Hall–Kier alpha value is -1.95. The van der Waals surface area contributed by atoms with Gasteiger partial charge >= 0.3 is 0 Å². The zero-order valence-corrected chi connectivity index (χ0v) is 16.1. The first-order valence-corrected chi connectivity index (χ1v) is 9.80. The molecule has 136 valence electrons. The van der Waals surface area contributed by atoms with E-state index < -0.39 is 0 Å². The SMILES string of the molecule is CCCN(CCC)C(=O)CCCC(=O)Nc1ccc2nc(C)sc2c1. The van der Waals surface area contributed by atoms with Gasteiger partial charge < -0.3 is 10.2 Å². The fourth-order valence-corrected chi connectivity index (χ4v) is 3.67. The summed E-state index contributed by atoms with van der Waals surface area (Å²) in [6, 6.07) is 5.74. The number of nitrogens with one attached hydrogen (secondary N) is 1. The number of benzene rings is 1. The summed E-state index contributed by atoms with van der Waals surface area (Å²) in [7, 11) is 0. The molecule has 0 aliphatic carbocycles. The van der Waals surface area contributed by atoms with Crippen molar-refractivity contribution in [2.24, 2.45) is 0 Å². The predicted molar refractivity (Wildman–Crippen MR) is 104 cm³/mol. The van der Waals surface area contributed by atoms with Gasteiger partial charge in [-0.15, -0.1) is 11.3 Å². The van der Waals surface area contributed by atoms with Gasteiger partial charge in [0, 0.05) is 31.6 Å². The Labute approximate surface area is 153 Å². The van der Waals surface area contributed by atoms with E-state index in [-0.39, 0.29) is 11.8 Å². The van der Waals surface area contributed by atoms with Gasteiger partial charge in [-0.25, -0.2) is 4.98 Å². The standard InChI is InChI=1S/C19H27N3O2S/c1-4-11-22(12-5-2)19(24)8-6-7-18(23)21-15-9-10-16-17(13-15)25-14(3)20-16/h9-10,13H,4-8,11-12H2,1-3H3,(H,21,23). The molecule has 2 amide bonds. The molecule has 0 saturated heterocycles. The molecule has 2 rings (SSSR count). The van der Waals surface area contributed by atoms with Crippen molar-refractivity contribution in [1.82, 2.24) is 9.88 Å². The average molecular weight is 362 g/mol. The van der Waals surface area contributed by atoms with Gasteiger partial charge in [0.1, 0.15) is 0 Å². The van der Waals surface area contributed by atoms with Gasteiger partial charge in [-0.2, -0.15) is 0 Å². The van der Waals surface area contributed by atoms with Gasteiger partial charge in [-0.05, 0) is 44.4 Å². The molecule has 0 radical (unpaired) electrons. The highest BCUT2D eigenvalue weighted by Gasteiger charge is 2.12. The van der Waals surface area contributed by atoms with Gasteiger partial charge in [0.05, 0.1) is 15.2 Å². The van der Waals surface area contributed by atoms with Gasteiger partial charge in [0.15, 0.2) is 0 Å². The van der Waals surface area contributed by atoms with Crippen LogP contribution in [0.4, 0.5) is 5.69 Å². The summed E-state index contributed by atoms with van der Waals surface area (Å²) in [4.78, 5) is 30.6. The third-order valence-corrected chi connectivity index (χ3v) is 4.85. The molecule has 0 atom stereocenters. The molecule has 0 fully saturated rings. The molecule has 1 aromatic heterocycles. The second-order valence-electron chi connectivity index (χ2n) is 6.20. The van der Waals surface area contributed by atoms with Crippen LogP contribution in [0.15, 0.2) is 18.2 Å². The Kier molecular flexibility index (Phi) is 7.37. The summed E-state index contributed by atoms with van der Waals surface area (Å²) in [6.45, 7) is 7.72. The van der Waals surface area contributed by atoms with E-state index in [9.17, 15) is 9.59 Å². The van der Waals surface area contributed by atoms with Crippen LogP contribution in [0.3, 0.4) is 0 Å². The lowest BCUT2D eigenvalue weighted by Gasteiger charge is -2.21. The van der Waals surface area contributed by atoms with Crippen molar-refractivity contribution in [3.63, 3.8) is 0 Å².